The van der Waals surface area contributed by atoms with Crippen LogP contribution in [0.15, 0.2) is 22.7 Å². The first-order valence-electron chi connectivity index (χ1n) is 6.91. The van der Waals surface area contributed by atoms with Crippen molar-refractivity contribution >= 4 is 21.8 Å². The van der Waals surface area contributed by atoms with E-state index in [2.05, 4.69) is 21.2 Å². The predicted molar refractivity (Wildman–Crippen MR) is 81.5 cm³/mol. The van der Waals surface area contributed by atoms with Gasteiger partial charge in [0.15, 0.2) is 0 Å². The van der Waals surface area contributed by atoms with Gasteiger partial charge in [-0.3, -0.25) is 4.79 Å². The highest BCUT2D eigenvalue weighted by Gasteiger charge is 2.22. The largest absolute Gasteiger partial charge is 0.337 e. The van der Waals surface area contributed by atoms with E-state index in [0.717, 1.165) is 35.2 Å². The Morgan fingerprint density at radius 3 is 2.95 bits per heavy atom. The number of rotatable bonds is 4. The average molecular weight is 325 g/mol. The van der Waals surface area contributed by atoms with E-state index in [0.29, 0.717) is 6.04 Å². The van der Waals surface area contributed by atoms with Crippen molar-refractivity contribution in [2.75, 3.05) is 19.6 Å². The minimum Gasteiger partial charge on any atom is -0.337 e. The fourth-order valence-corrected chi connectivity index (χ4v) is 2.91. The number of carbonyl (C=O) groups excluding carboxylic acids is 1. The maximum absolute atomic E-state index is 12.6. The molecular formula is C15H21BrN2O. The van der Waals surface area contributed by atoms with Crippen LogP contribution < -0.4 is 5.32 Å². The van der Waals surface area contributed by atoms with Crippen molar-refractivity contribution in [1.29, 1.82) is 0 Å². The number of benzene rings is 1. The lowest BCUT2D eigenvalue weighted by Crippen LogP contribution is -2.41. The van der Waals surface area contributed by atoms with E-state index in [-0.39, 0.29) is 5.91 Å². The maximum atomic E-state index is 12.6. The second-order valence-corrected chi connectivity index (χ2v) is 5.90. The summed E-state index contributed by atoms with van der Waals surface area (Å²) in [5.41, 5.74) is 1.82. The number of hydrogen-bond donors (Lipinski definition) is 1. The molecule has 0 saturated carbocycles. The molecule has 1 saturated heterocycles. The number of carbonyl (C=O) groups is 1. The van der Waals surface area contributed by atoms with Gasteiger partial charge in [-0.2, -0.15) is 0 Å². The lowest BCUT2D eigenvalue weighted by molar-refractivity contribution is 0.0750. The molecule has 0 spiro atoms. The SMILES string of the molecule is CCN(CC1CCCN1)C(=O)c1cccc(Br)c1C. The van der Waals surface area contributed by atoms with Crippen molar-refractivity contribution in [3.8, 4) is 0 Å². The van der Waals surface area contributed by atoms with Crippen LogP contribution in [0.1, 0.15) is 35.7 Å². The van der Waals surface area contributed by atoms with Gasteiger partial charge in [-0.25, -0.2) is 0 Å². The Morgan fingerprint density at radius 2 is 2.32 bits per heavy atom. The van der Waals surface area contributed by atoms with Crippen molar-refractivity contribution in [2.45, 2.75) is 32.7 Å². The summed E-state index contributed by atoms with van der Waals surface area (Å²) in [5.74, 6) is 0.134. The zero-order chi connectivity index (χ0) is 13.8. The minimum absolute atomic E-state index is 0.134. The first-order chi connectivity index (χ1) is 9.13. The van der Waals surface area contributed by atoms with Crippen LogP contribution in [0, 0.1) is 6.92 Å². The van der Waals surface area contributed by atoms with Gasteiger partial charge in [-0.15, -0.1) is 0 Å². The Labute approximate surface area is 123 Å². The molecule has 0 aromatic heterocycles. The molecule has 104 valence electrons. The molecule has 19 heavy (non-hydrogen) atoms. The number of likely N-dealkylation sites (N-methyl/N-ethyl adjacent to an activating group) is 1. The van der Waals surface area contributed by atoms with Crippen LogP contribution in [0.5, 0.6) is 0 Å². The Bertz CT molecular complexity index is 455. The topological polar surface area (TPSA) is 32.3 Å². The van der Waals surface area contributed by atoms with Gasteiger partial charge in [0.1, 0.15) is 0 Å². The number of halogens is 1. The third-order valence-electron chi connectivity index (χ3n) is 3.77. The first kappa shape index (κ1) is 14.5. The molecule has 1 unspecified atom stereocenters. The summed E-state index contributed by atoms with van der Waals surface area (Å²) in [6, 6.07) is 6.26. The summed E-state index contributed by atoms with van der Waals surface area (Å²) in [4.78, 5) is 14.6. The zero-order valence-electron chi connectivity index (χ0n) is 11.6. The smallest absolute Gasteiger partial charge is 0.254 e. The van der Waals surface area contributed by atoms with Gasteiger partial charge in [0, 0.05) is 29.2 Å². The van der Waals surface area contributed by atoms with Crippen LogP contribution in [-0.4, -0.2) is 36.5 Å². The van der Waals surface area contributed by atoms with Gasteiger partial charge in [0.25, 0.3) is 5.91 Å². The van der Waals surface area contributed by atoms with E-state index in [1.807, 2.05) is 36.9 Å². The Kier molecular flexibility index (Phi) is 4.99. The molecule has 1 fully saturated rings. The molecule has 1 aromatic rings. The first-order valence-corrected chi connectivity index (χ1v) is 7.70. The molecule has 1 aliphatic rings. The lowest BCUT2D eigenvalue weighted by atomic mass is 10.1. The third kappa shape index (κ3) is 3.37. The molecule has 1 heterocycles. The van der Waals surface area contributed by atoms with E-state index in [9.17, 15) is 4.79 Å². The van der Waals surface area contributed by atoms with Crippen LogP contribution in [0.3, 0.4) is 0 Å². The van der Waals surface area contributed by atoms with Gasteiger partial charge in [0.2, 0.25) is 0 Å². The van der Waals surface area contributed by atoms with Gasteiger partial charge >= 0.3 is 0 Å². The molecule has 0 aliphatic carbocycles. The van der Waals surface area contributed by atoms with E-state index >= 15 is 0 Å². The highest BCUT2D eigenvalue weighted by molar-refractivity contribution is 9.10. The molecule has 1 atom stereocenters. The zero-order valence-corrected chi connectivity index (χ0v) is 13.2. The third-order valence-corrected chi connectivity index (χ3v) is 4.63. The van der Waals surface area contributed by atoms with Gasteiger partial charge in [0.05, 0.1) is 0 Å². The summed E-state index contributed by atoms with van der Waals surface area (Å²) < 4.78 is 0.994. The number of hydrogen-bond acceptors (Lipinski definition) is 2. The number of nitrogens with zero attached hydrogens (tertiary/aromatic N) is 1. The van der Waals surface area contributed by atoms with Crippen LogP contribution >= 0.6 is 15.9 Å². The van der Waals surface area contributed by atoms with E-state index in [1.165, 1.54) is 12.8 Å². The number of nitrogens with one attached hydrogen (secondary N) is 1. The van der Waals surface area contributed by atoms with E-state index in [4.69, 9.17) is 0 Å². The van der Waals surface area contributed by atoms with Crippen LogP contribution in [0.2, 0.25) is 0 Å². The molecule has 0 bridgehead atoms. The molecule has 1 aromatic carbocycles. The normalized spacial score (nSPS) is 18.6. The standard InChI is InChI=1S/C15H21BrN2O/c1-3-18(10-12-6-5-9-17-12)15(19)13-7-4-8-14(16)11(13)2/h4,7-8,12,17H,3,5-6,9-10H2,1-2H3. The van der Waals surface area contributed by atoms with Gasteiger partial charge in [-0.05, 0) is 50.9 Å². The minimum atomic E-state index is 0.134. The average Bonchev–Trinajstić information content (AvgIpc) is 2.91. The highest BCUT2D eigenvalue weighted by atomic mass is 79.9. The summed E-state index contributed by atoms with van der Waals surface area (Å²) >= 11 is 3.49. The summed E-state index contributed by atoms with van der Waals surface area (Å²) in [7, 11) is 0. The maximum Gasteiger partial charge on any atom is 0.254 e. The van der Waals surface area contributed by atoms with Crippen LogP contribution in [0.4, 0.5) is 0 Å². The monoisotopic (exact) mass is 324 g/mol. The number of amides is 1. The van der Waals surface area contributed by atoms with Crippen molar-refractivity contribution in [3.05, 3.63) is 33.8 Å². The molecule has 2 rings (SSSR count). The molecular weight excluding hydrogens is 304 g/mol. The summed E-state index contributed by atoms with van der Waals surface area (Å²) in [6.45, 7) is 6.66. The molecule has 1 amide bonds. The molecule has 1 aliphatic heterocycles. The molecule has 4 heteroatoms. The molecule has 0 radical (unpaired) electrons. The van der Waals surface area contributed by atoms with Crippen molar-refractivity contribution in [1.82, 2.24) is 10.2 Å². The van der Waals surface area contributed by atoms with Gasteiger partial charge in [-0.1, -0.05) is 22.0 Å². The van der Waals surface area contributed by atoms with Crippen LogP contribution in [0.25, 0.3) is 0 Å². The van der Waals surface area contributed by atoms with Crippen molar-refractivity contribution in [3.63, 3.8) is 0 Å². The lowest BCUT2D eigenvalue weighted by Gasteiger charge is -2.25. The highest BCUT2D eigenvalue weighted by Crippen LogP contribution is 2.21. The second-order valence-electron chi connectivity index (χ2n) is 5.05. The second kappa shape index (κ2) is 6.53. The Hall–Kier alpha value is -0.870. The summed E-state index contributed by atoms with van der Waals surface area (Å²) in [5, 5.41) is 3.45. The summed E-state index contributed by atoms with van der Waals surface area (Å²) in [6.07, 6.45) is 2.38. The van der Waals surface area contributed by atoms with Crippen molar-refractivity contribution in [2.24, 2.45) is 0 Å². The molecule has 3 nitrogen and oxygen atoms in total. The fourth-order valence-electron chi connectivity index (χ4n) is 2.54. The van der Waals surface area contributed by atoms with E-state index < -0.39 is 0 Å². The fraction of sp³-hybridized carbons (Fsp3) is 0.533. The van der Waals surface area contributed by atoms with Crippen LogP contribution in [-0.2, 0) is 0 Å². The van der Waals surface area contributed by atoms with Crippen molar-refractivity contribution < 1.29 is 4.79 Å². The Balaban J connectivity index is 2.13. The molecule has 1 N–H and O–H groups in total. The Morgan fingerprint density at radius 1 is 1.53 bits per heavy atom. The van der Waals surface area contributed by atoms with Gasteiger partial charge < -0.3 is 10.2 Å². The predicted octanol–water partition coefficient (Wildman–Crippen LogP) is 2.97. The quantitative estimate of drug-likeness (QED) is 0.923. The van der Waals surface area contributed by atoms with E-state index in [1.54, 1.807) is 0 Å².